The zero-order chi connectivity index (χ0) is 9.30. The van der Waals surface area contributed by atoms with Gasteiger partial charge in [-0.2, -0.15) is 0 Å². The molecule has 0 unspecified atom stereocenters. The molecule has 0 bridgehead atoms. The van der Waals surface area contributed by atoms with E-state index in [1.54, 1.807) is 0 Å². The maximum atomic E-state index is 12.9. The van der Waals surface area contributed by atoms with Gasteiger partial charge >= 0.3 is 0 Å². The van der Waals surface area contributed by atoms with Gasteiger partial charge in [-0.3, -0.25) is 4.79 Å². The molecule has 0 radical (unpaired) electrons. The Bertz CT molecular complexity index is 336. The first kappa shape index (κ1) is 8.52. The van der Waals surface area contributed by atoms with Gasteiger partial charge in [0.05, 0.1) is 5.56 Å². The molecule has 4 heteroatoms. The van der Waals surface area contributed by atoms with Gasteiger partial charge in [-0.25, -0.2) is 4.39 Å². The molecule has 0 fully saturated rings. The second-order valence-corrected chi connectivity index (χ2v) is 2.43. The van der Waals surface area contributed by atoms with Gasteiger partial charge in [-0.05, 0) is 19.1 Å². The molecule has 3 N–H and O–H groups in total. The standard InChI is InChI=1S/C8H8FNO2/c1-4-6(11)3-2-5(9)7(4)8(10)12/h2-3,11H,1H3,(H2,10,12). The average Bonchev–Trinajstić information content (AvgIpc) is 1.97. The Morgan fingerprint density at radius 3 is 2.58 bits per heavy atom. The molecule has 0 atom stereocenters. The van der Waals surface area contributed by atoms with E-state index in [1.807, 2.05) is 0 Å². The normalized spacial score (nSPS) is 9.83. The van der Waals surface area contributed by atoms with Crippen molar-refractivity contribution in [2.45, 2.75) is 6.92 Å². The van der Waals surface area contributed by atoms with Crippen LogP contribution in [0.15, 0.2) is 12.1 Å². The summed E-state index contributed by atoms with van der Waals surface area (Å²) in [4.78, 5) is 10.7. The number of primary amides is 1. The van der Waals surface area contributed by atoms with E-state index in [9.17, 15) is 9.18 Å². The van der Waals surface area contributed by atoms with E-state index in [0.29, 0.717) is 0 Å². The van der Waals surface area contributed by atoms with Crippen LogP contribution in [-0.2, 0) is 0 Å². The molecule has 0 saturated carbocycles. The summed E-state index contributed by atoms with van der Waals surface area (Å²) in [5.41, 5.74) is 4.81. The maximum absolute atomic E-state index is 12.9. The Morgan fingerprint density at radius 2 is 2.17 bits per heavy atom. The minimum atomic E-state index is -0.874. The first-order valence-corrected chi connectivity index (χ1v) is 3.32. The summed E-state index contributed by atoms with van der Waals surface area (Å²) in [6.45, 7) is 1.43. The van der Waals surface area contributed by atoms with Gasteiger partial charge in [0.15, 0.2) is 0 Å². The van der Waals surface area contributed by atoms with Crippen LogP contribution in [0.4, 0.5) is 4.39 Å². The van der Waals surface area contributed by atoms with E-state index in [2.05, 4.69) is 0 Å². The lowest BCUT2D eigenvalue weighted by Gasteiger charge is -2.04. The number of phenolic OH excluding ortho intramolecular Hbond substituents is 1. The van der Waals surface area contributed by atoms with Crippen LogP contribution in [0, 0.1) is 12.7 Å². The first-order chi connectivity index (χ1) is 5.54. The van der Waals surface area contributed by atoms with E-state index < -0.39 is 11.7 Å². The molecular formula is C8H8FNO2. The highest BCUT2D eigenvalue weighted by molar-refractivity contribution is 5.95. The smallest absolute Gasteiger partial charge is 0.252 e. The quantitative estimate of drug-likeness (QED) is 0.657. The van der Waals surface area contributed by atoms with Gasteiger partial charge in [-0.15, -0.1) is 0 Å². The van der Waals surface area contributed by atoms with Crippen molar-refractivity contribution in [2.75, 3.05) is 0 Å². The monoisotopic (exact) mass is 169 g/mol. The fourth-order valence-electron chi connectivity index (χ4n) is 0.970. The summed E-state index contributed by atoms with van der Waals surface area (Å²) in [7, 11) is 0. The third-order valence-electron chi connectivity index (χ3n) is 1.63. The van der Waals surface area contributed by atoms with Gasteiger partial charge in [0, 0.05) is 5.56 Å². The molecule has 0 heterocycles. The van der Waals surface area contributed by atoms with Crippen LogP contribution in [0.2, 0.25) is 0 Å². The Balaban J connectivity index is 3.43. The van der Waals surface area contributed by atoms with Crippen molar-refractivity contribution in [3.8, 4) is 5.75 Å². The number of carbonyl (C=O) groups is 1. The van der Waals surface area contributed by atoms with Crippen LogP contribution in [-0.4, -0.2) is 11.0 Å². The number of hydrogen-bond acceptors (Lipinski definition) is 2. The van der Waals surface area contributed by atoms with Gasteiger partial charge in [0.2, 0.25) is 0 Å². The second-order valence-electron chi connectivity index (χ2n) is 2.43. The number of phenols is 1. The van der Waals surface area contributed by atoms with Crippen LogP contribution in [0.25, 0.3) is 0 Å². The molecule has 12 heavy (non-hydrogen) atoms. The summed E-state index contributed by atoms with van der Waals surface area (Å²) in [6, 6.07) is 2.18. The lowest BCUT2D eigenvalue weighted by molar-refractivity contribution is 0.0995. The highest BCUT2D eigenvalue weighted by Crippen LogP contribution is 2.21. The third kappa shape index (κ3) is 1.23. The van der Waals surface area contributed by atoms with Crippen LogP contribution in [0.1, 0.15) is 15.9 Å². The summed E-state index contributed by atoms with van der Waals surface area (Å²) < 4.78 is 12.9. The molecule has 1 aromatic rings. The molecule has 1 aromatic carbocycles. The predicted molar refractivity (Wildman–Crippen MR) is 41.3 cm³/mol. The van der Waals surface area contributed by atoms with Gasteiger partial charge in [0.25, 0.3) is 5.91 Å². The van der Waals surface area contributed by atoms with Crippen molar-refractivity contribution >= 4 is 5.91 Å². The number of aromatic hydroxyl groups is 1. The molecule has 64 valence electrons. The Kier molecular flexibility index (Phi) is 1.99. The van der Waals surface area contributed by atoms with E-state index in [0.717, 1.165) is 6.07 Å². The summed E-state index contributed by atoms with van der Waals surface area (Å²) in [6.07, 6.45) is 0. The minimum Gasteiger partial charge on any atom is -0.508 e. The van der Waals surface area contributed by atoms with Crippen molar-refractivity contribution in [2.24, 2.45) is 5.73 Å². The molecule has 0 aliphatic heterocycles. The molecule has 0 spiro atoms. The Hall–Kier alpha value is -1.58. The SMILES string of the molecule is Cc1c(O)ccc(F)c1C(N)=O. The highest BCUT2D eigenvalue weighted by atomic mass is 19.1. The second kappa shape index (κ2) is 2.81. The number of halogens is 1. The van der Waals surface area contributed by atoms with Crippen LogP contribution < -0.4 is 5.73 Å². The maximum Gasteiger partial charge on any atom is 0.252 e. The number of rotatable bonds is 1. The molecule has 0 aromatic heterocycles. The molecule has 0 saturated heterocycles. The first-order valence-electron chi connectivity index (χ1n) is 3.32. The fourth-order valence-corrected chi connectivity index (χ4v) is 0.970. The summed E-state index contributed by atoms with van der Waals surface area (Å²) >= 11 is 0. The van der Waals surface area contributed by atoms with Crippen molar-refractivity contribution in [1.29, 1.82) is 0 Å². The largest absolute Gasteiger partial charge is 0.508 e. The number of carbonyl (C=O) groups excluding carboxylic acids is 1. The van der Waals surface area contributed by atoms with Crippen molar-refractivity contribution in [3.05, 3.63) is 29.1 Å². The van der Waals surface area contributed by atoms with Gasteiger partial charge < -0.3 is 10.8 Å². The predicted octanol–water partition coefficient (Wildman–Crippen LogP) is 0.939. The Morgan fingerprint density at radius 1 is 1.58 bits per heavy atom. The summed E-state index contributed by atoms with van der Waals surface area (Å²) in [5, 5.41) is 9.10. The van der Waals surface area contributed by atoms with Crippen LogP contribution in [0.3, 0.4) is 0 Å². The van der Waals surface area contributed by atoms with Crippen LogP contribution >= 0.6 is 0 Å². The fraction of sp³-hybridized carbons (Fsp3) is 0.125. The Labute approximate surface area is 68.6 Å². The van der Waals surface area contributed by atoms with E-state index >= 15 is 0 Å². The molecule has 1 amide bonds. The minimum absolute atomic E-state index is 0.134. The highest BCUT2D eigenvalue weighted by Gasteiger charge is 2.13. The molecule has 0 aliphatic rings. The lowest BCUT2D eigenvalue weighted by atomic mass is 10.1. The molecular weight excluding hydrogens is 161 g/mol. The number of benzene rings is 1. The number of nitrogens with two attached hydrogens (primary N) is 1. The number of hydrogen-bond donors (Lipinski definition) is 2. The van der Waals surface area contributed by atoms with Crippen molar-refractivity contribution in [3.63, 3.8) is 0 Å². The van der Waals surface area contributed by atoms with E-state index in [1.165, 1.54) is 13.0 Å². The van der Waals surface area contributed by atoms with Crippen molar-refractivity contribution in [1.82, 2.24) is 0 Å². The number of amides is 1. The summed E-state index contributed by atoms with van der Waals surface area (Å²) in [5.74, 6) is -1.72. The van der Waals surface area contributed by atoms with E-state index in [4.69, 9.17) is 10.8 Å². The van der Waals surface area contributed by atoms with Gasteiger partial charge in [-0.1, -0.05) is 0 Å². The molecule has 3 nitrogen and oxygen atoms in total. The molecule has 0 aliphatic carbocycles. The molecule has 1 rings (SSSR count). The van der Waals surface area contributed by atoms with E-state index in [-0.39, 0.29) is 16.9 Å². The topological polar surface area (TPSA) is 63.3 Å². The van der Waals surface area contributed by atoms with Gasteiger partial charge in [0.1, 0.15) is 11.6 Å². The van der Waals surface area contributed by atoms with Crippen molar-refractivity contribution < 1.29 is 14.3 Å². The third-order valence-corrected chi connectivity index (χ3v) is 1.63. The average molecular weight is 169 g/mol. The van der Waals surface area contributed by atoms with Crippen LogP contribution in [0.5, 0.6) is 5.75 Å². The zero-order valence-corrected chi connectivity index (χ0v) is 6.47. The zero-order valence-electron chi connectivity index (χ0n) is 6.47. The lowest BCUT2D eigenvalue weighted by Crippen LogP contribution is -2.14.